The van der Waals surface area contributed by atoms with Crippen LogP contribution in [0.3, 0.4) is 0 Å². The van der Waals surface area contributed by atoms with Crippen LogP contribution in [0.25, 0.3) is 0 Å². The summed E-state index contributed by atoms with van der Waals surface area (Å²) in [6, 6.07) is 28.1. The number of amides is 2. The van der Waals surface area contributed by atoms with Gasteiger partial charge >= 0.3 is 0 Å². The Morgan fingerprint density at radius 2 is 1.62 bits per heavy atom. The van der Waals surface area contributed by atoms with Gasteiger partial charge in [0.25, 0.3) is 21.6 Å². The van der Waals surface area contributed by atoms with Gasteiger partial charge in [-0.05, 0) is 116 Å². The molecule has 3 aliphatic carbocycles. The molecule has 4 atom stereocenters. The number of nitro benzene ring substituents is 1. The van der Waals surface area contributed by atoms with Crippen molar-refractivity contribution in [2.45, 2.75) is 89.1 Å². The van der Waals surface area contributed by atoms with Gasteiger partial charge in [0.15, 0.2) is 0 Å². The number of hydrogen-bond acceptors (Lipinski definition) is 10. The van der Waals surface area contributed by atoms with Crippen molar-refractivity contribution in [3.8, 4) is 11.5 Å². The zero-order chi connectivity index (χ0) is 44.3. The third-order valence-electron chi connectivity index (χ3n) is 14.5. The molecule has 334 valence electrons. The maximum absolute atomic E-state index is 14.3. The lowest BCUT2D eigenvalue weighted by Crippen LogP contribution is -2.64. The van der Waals surface area contributed by atoms with E-state index in [4.69, 9.17) is 9.47 Å². The molecule has 14 heteroatoms. The van der Waals surface area contributed by atoms with Crippen LogP contribution in [0, 0.1) is 39.2 Å². The Labute approximate surface area is 370 Å². The second-order valence-corrected chi connectivity index (χ2v) is 20.1. The quantitative estimate of drug-likeness (QED) is 0.0873. The summed E-state index contributed by atoms with van der Waals surface area (Å²) >= 11 is 0. The monoisotopic (exact) mass is 877 g/mol. The molecule has 2 aliphatic heterocycles. The molecule has 3 saturated carbocycles. The minimum absolute atomic E-state index is 0.0201. The van der Waals surface area contributed by atoms with Crippen LogP contribution in [0.1, 0.15) is 81.6 Å². The summed E-state index contributed by atoms with van der Waals surface area (Å²) in [7, 11) is -4.54. The molecule has 9 rings (SSSR count). The van der Waals surface area contributed by atoms with Gasteiger partial charge in [0.1, 0.15) is 17.2 Å². The normalized spacial score (nSPS) is 22.4. The van der Waals surface area contributed by atoms with Crippen LogP contribution < -0.4 is 19.7 Å². The van der Waals surface area contributed by atoms with Crippen LogP contribution in [0.4, 0.5) is 17.1 Å². The maximum Gasteiger partial charge on any atom is 0.293 e. The number of carbonyl (C=O) groups excluding carboxylic acids is 2. The molecule has 0 aromatic heterocycles. The van der Waals surface area contributed by atoms with Crippen LogP contribution in [0.2, 0.25) is 0 Å². The highest BCUT2D eigenvalue weighted by Gasteiger charge is 2.58. The van der Waals surface area contributed by atoms with Gasteiger partial charge in [0.05, 0.1) is 15.4 Å². The predicted octanol–water partition coefficient (Wildman–Crippen LogP) is 8.85. The van der Waals surface area contributed by atoms with Crippen LogP contribution in [0.15, 0.2) is 102 Å². The lowest BCUT2D eigenvalue weighted by molar-refractivity contribution is -0.384. The molecule has 4 aromatic rings. The van der Waals surface area contributed by atoms with Gasteiger partial charge in [-0.15, -0.1) is 0 Å². The summed E-state index contributed by atoms with van der Waals surface area (Å²) in [5.41, 5.74) is 2.03. The van der Waals surface area contributed by atoms with E-state index >= 15 is 0 Å². The average molecular weight is 878 g/mol. The lowest BCUT2D eigenvalue weighted by Gasteiger charge is -2.64. The number of nitro groups is 1. The summed E-state index contributed by atoms with van der Waals surface area (Å²) in [6.07, 6.45) is 6.68. The summed E-state index contributed by atoms with van der Waals surface area (Å²) in [5.74, 6) is 1.82. The Morgan fingerprint density at radius 1 is 0.921 bits per heavy atom. The Kier molecular flexibility index (Phi) is 13.1. The van der Waals surface area contributed by atoms with Gasteiger partial charge in [-0.25, -0.2) is 13.1 Å². The molecule has 2 amide bonds. The average Bonchev–Trinajstić information content (AvgIpc) is 3.29. The third-order valence-corrected chi connectivity index (χ3v) is 15.8. The number of ether oxygens (including phenoxy) is 2. The molecule has 2 bridgehead atoms. The summed E-state index contributed by atoms with van der Waals surface area (Å²) < 4.78 is 41.1. The number of para-hydroxylation sites is 1. The molecule has 5 fully saturated rings. The molecule has 13 nitrogen and oxygen atoms in total. The fourth-order valence-corrected chi connectivity index (χ4v) is 11.6. The number of nitrogens with one attached hydrogen (secondary N) is 2. The third kappa shape index (κ3) is 9.72. The van der Waals surface area contributed by atoms with E-state index in [-0.39, 0.29) is 40.9 Å². The summed E-state index contributed by atoms with van der Waals surface area (Å²) in [5, 5.41) is 15.2. The number of piperidine rings is 1. The van der Waals surface area contributed by atoms with Crippen molar-refractivity contribution < 1.29 is 32.4 Å². The molecule has 0 unspecified atom stereocenters. The molecular formula is C49H59N5O8S. The predicted molar refractivity (Wildman–Crippen MR) is 243 cm³/mol. The number of anilines is 2. The van der Waals surface area contributed by atoms with Gasteiger partial charge in [-0.3, -0.25) is 19.7 Å². The Bertz CT molecular complexity index is 2380. The number of hydrogen-bond donors (Lipinski definition) is 2. The molecule has 2 heterocycles. The molecule has 0 spiro atoms. The van der Waals surface area contributed by atoms with E-state index < -0.39 is 31.4 Å². The van der Waals surface area contributed by atoms with Crippen molar-refractivity contribution in [3.63, 3.8) is 0 Å². The van der Waals surface area contributed by atoms with Crippen molar-refractivity contribution >= 4 is 38.9 Å². The van der Waals surface area contributed by atoms with E-state index in [0.717, 1.165) is 49.4 Å². The zero-order valence-electron chi connectivity index (χ0n) is 36.4. The van der Waals surface area contributed by atoms with Crippen LogP contribution in [0.5, 0.6) is 11.5 Å². The number of sulfonamides is 1. The van der Waals surface area contributed by atoms with Crippen molar-refractivity contribution in [3.05, 3.63) is 118 Å². The first-order valence-corrected chi connectivity index (χ1v) is 23.9. The minimum atomic E-state index is -4.54. The van der Waals surface area contributed by atoms with E-state index in [1.807, 2.05) is 24.3 Å². The highest BCUT2D eigenvalue weighted by molar-refractivity contribution is 7.90. The second-order valence-electron chi connectivity index (χ2n) is 18.4. The molecule has 5 aliphatic rings. The van der Waals surface area contributed by atoms with E-state index in [1.165, 1.54) is 18.6 Å². The van der Waals surface area contributed by atoms with E-state index in [9.17, 15) is 28.1 Å². The van der Waals surface area contributed by atoms with Crippen molar-refractivity contribution in [1.29, 1.82) is 0 Å². The standard InChI is InChI=1S/C49H59N5O8S/c1-33-42-28-36(49(42,2)3)29-44(33)53(47(55)19-14-34-10-6-4-7-11-34)37-20-24-52(25-21-37)38-15-17-41(46(30-38)62-39-12-8-5-9-13-39)48(56)51-63(59,60)40-16-18-43(45(31-40)54(57)58)50-32-35-22-26-61-27-23-35/h4-13,15-18,30-31,33,35-37,42,44,50H,14,19-29,32H2,1-3H3,(H,51,56)/t33-,36+,42+,44+/m1/s1. The molecular weight excluding hydrogens is 819 g/mol. The fraction of sp³-hybridized carbons (Fsp3) is 0.469. The first-order chi connectivity index (χ1) is 30.3. The summed E-state index contributed by atoms with van der Waals surface area (Å²) in [6.45, 7) is 10.2. The lowest BCUT2D eigenvalue weighted by atomic mass is 9.44. The maximum atomic E-state index is 14.3. The first kappa shape index (κ1) is 44.1. The fourth-order valence-electron chi connectivity index (χ4n) is 10.6. The number of benzene rings is 4. The highest BCUT2D eigenvalue weighted by Crippen LogP contribution is 2.62. The minimum Gasteiger partial charge on any atom is -0.456 e. The second kappa shape index (κ2) is 18.7. The zero-order valence-corrected chi connectivity index (χ0v) is 37.2. The number of fused-ring (bicyclic) bond motifs is 2. The largest absolute Gasteiger partial charge is 0.456 e. The van der Waals surface area contributed by atoms with Gasteiger partial charge in [0.2, 0.25) is 5.91 Å². The van der Waals surface area contributed by atoms with Crippen LogP contribution >= 0.6 is 0 Å². The van der Waals surface area contributed by atoms with E-state index in [2.05, 4.69) is 52.7 Å². The first-order valence-electron chi connectivity index (χ1n) is 22.4. The van der Waals surface area contributed by atoms with Gasteiger partial charge in [-0.1, -0.05) is 69.3 Å². The number of carbonyl (C=O) groups is 2. The van der Waals surface area contributed by atoms with Crippen LogP contribution in [-0.2, 0) is 26.0 Å². The Balaban J connectivity index is 0.987. The molecule has 2 saturated heterocycles. The molecule has 0 radical (unpaired) electrons. The molecule has 4 aromatic carbocycles. The number of rotatable bonds is 15. The van der Waals surface area contributed by atoms with Crippen molar-refractivity contribution in [2.24, 2.45) is 29.1 Å². The van der Waals surface area contributed by atoms with Gasteiger partial charge in [0, 0.05) is 69.2 Å². The Hall–Kier alpha value is -5.47. The number of nitrogens with zero attached hydrogens (tertiary/aromatic N) is 3. The van der Waals surface area contributed by atoms with Gasteiger partial charge in [-0.2, -0.15) is 0 Å². The van der Waals surface area contributed by atoms with Crippen LogP contribution in [-0.4, -0.2) is 75.0 Å². The van der Waals surface area contributed by atoms with E-state index in [0.29, 0.717) is 74.6 Å². The molecule has 2 N–H and O–H groups in total. The number of aryl methyl sites for hydroxylation is 1. The van der Waals surface area contributed by atoms with E-state index in [1.54, 1.807) is 42.5 Å². The molecule has 63 heavy (non-hydrogen) atoms. The van der Waals surface area contributed by atoms with Crippen molar-refractivity contribution in [2.75, 3.05) is 43.1 Å². The topological polar surface area (TPSA) is 160 Å². The highest BCUT2D eigenvalue weighted by atomic mass is 32.2. The van der Waals surface area contributed by atoms with Crippen molar-refractivity contribution in [1.82, 2.24) is 9.62 Å². The van der Waals surface area contributed by atoms with Gasteiger partial charge < -0.3 is 24.6 Å². The Morgan fingerprint density at radius 3 is 2.29 bits per heavy atom. The smallest absolute Gasteiger partial charge is 0.293 e. The SMILES string of the molecule is C[C@H]1[C@@H](N(C(=O)CCc2ccccc2)C2CCN(c3ccc(C(=O)NS(=O)(=O)c4ccc(NCC5CCOCC5)c([N+](=O)[O-])c4)c(Oc4ccccc4)c3)CC2)C[C@@H]2C[C@@H]1C2(C)C. The summed E-state index contributed by atoms with van der Waals surface area (Å²) in [4.78, 5) is 43.7.